The summed E-state index contributed by atoms with van der Waals surface area (Å²) in [5.41, 5.74) is 0.925. The maximum Gasteiger partial charge on any atom is 0.125 e. The van der Waals surface area contributed by atoms with Gasteiger partial charge in [0.25, 0.3) is 0 Å². The molecule has 0 fully saturated rings. The molecule has 0 aliphatic carbocycles. The van der Waals surface area contributed by atoms with Gasteiger partial charge in [0.05, 0.1) is 17.3 Å². The number of nitrogens with zero attached hydrogens (tertiary/aromatic N) is 1. The summed E-state index contributed by atoms with van der Waals surface area (Å²) in [5.74, 6) is 0.893. The quantitative estimate of drug-likeness (QED) is 0.846. The maximum atomic E-state index is 6.07. The summed E-state index contributed by atoms with van der Waals surface area (Å²) in [7, 11) is 0. The molecule has 0 radical (unpaired) electrons. The summed E-state index contributed by atoms with van der Waals surface area (Å²) >= 11 is 8.30. The molecule has 0 saturated carbocycles. The maximum absolute atomic E-state index is 6.07. The summed E-state index contributed by atoms with van der Waals surface area (Å²) in [5, 5.41) is 3.94. The first-order chi connectivity index (χ1) is 7.25. The minimum atomic E-state index is 0.646. The average molecular weight is 334 g/mol. The van der Waals surface area contributed by atoms with Crippen LogP contribution in [0.3, 0.4) is 0 Å². The number of hydrogen-bond donors (Lipinski definition) is 2. The number of aromatic nitrogens is 2. The van der Waals surface area contributed by atoms with Crippen molar-refractivity contribution in [1.82, 2.24) is 9.97 Å². The highest BCUT2D eigenvalue weighted by atomic mass is 127. The highest BCUT2D eigenvalue weighted by Gasteiger charge is 2.01. The SMILES string of the molecule is Clc1cc(I)ccc1NCc1ncc[nH]1. The van der Waals surface area contributed by atoms with Crippen molar-refractivity contribution in [3.8, 4) is 0 Å². The van der Waals surface area contributed by atoms with Crippen molar-refractivity contribution in [2.45, 2.75) is 6.54 Å². The Kier molecular flexibility index (Phi) is 3.48. The van der Waals surface area contributed by atoms with Gasteiger partial charge in [0.1, 0.15) is 5.82 Å². The van der Waals surface area contributed by atoms with Gasteiger partial charge in [-0.1, -0.05) is 11.6 Å². The minimum Gasteiger partial charge on any atom is -0.377 e. The second kappa shape index (κ2) is 4.85. The van der Waals surface area contributed by atoms with E-state index in [1.807, 2.05) is 18.2 Å². The highest BCUT2D eigenvalue weighted by molar-refractivity contribution is 14.1. The average Bonchev–Trinajstić information content (AvgIpc) is 2.69. The van der Waals surface area contributed by atoms with E-state index in [9.17, 15) is 0 Å². The number of rotatable bonds is 3. The fourth-order valence-corrected chi connectivity index (χ4v) is 2.13. The Bertz CT molecular complexity index is 442. The number of nitrogens with one attached hydrogen (secondary N) is 2. The van der Waals surface area contributed by atoms with Crippen molar-refractivity contribution in [1.29, 1.82) is 0 Å². The monoisotopic (exact) mass is 333 g/mol. The van der Waals surface area contributed by atoms with Gasteiger partial charge in [0.2, 0.25) is 0 Å². The number of halogens is 2. The van der Waals surface area contributed by atoms with Gasteiger partial charge in [-0.2, -0.15) is 0 Å². The summed E-state index contributed by atoms with van der Waals surface area (Å²) in [6.07, 6.45) is 3.53. The minimum absolute atomic E-state index is 0.646. The molecule has 5 heteroatoms. The summed E-state index contributed by atoms with van der Waals surface area (Å²) in [6, 6.07) is 5.90. The molecule has 1 heterocycles. The van der Waals surface area contributed by atoms with E-state index in [0.717, 1.165) is 20.1 Å². The van der Waals surface area contributed by atoms with Gasteiger partial charge in [-0.05, 0) is 40.8 Å². The lowest BCUT2D eigenvalue weighted by Gasteiger charge is -2.06. The predicted molar refractivity (Wildman–Crippen MR) is 70.1 cm³/mol. The molecule has 0 bridgehead atoms. The van der Waals surface area contributed by atoms with Crippen LogP contribution in [0, 0.1) is 3.57 Å². The Hall–Kier alpha value is -0.750. The lowest BCUT2D eigenvalue weighted by molar-refractivity contribution is 1.00. The summed E-state index contributed by atoms with van der Waals surface area (Å²) in [6.45, 7) is 0.646. The normalized spacial score (nSPS) is 10.3. The van der Waals surface area contributed by atoms with Crippen LogP contribution in [-0.4, -0.2) is 9.97 Å². The Labute approximate surface area is 106 Å². The van der Waals surface area contributed by atoms with Crippen LogP contribution < -0.4 is 5.32 Å². The number of aromatic amines is 1. The molecule has 0 spiro atoms. The third-order valence-corrected chi connectivity index (χ3v) is 2.92. The molecular weight excluding hydrogens is 324 g/mol. The zero-order chi connectivity index (χ0) is 10.7. The molecule has 1 aromatic heterocycles. The lowest BCUT2D eigenvalue weighted by atomic mass is 10.3. The Morgan fingerprint density at radius 2 is 2.33 bits per heavy atom. The van der Waals surface area contributed by atoms with Crippen molar-refractivity contribution in [3.63, 3.8) is 0 Å². The summed E-state index contributed by atoms with van der Waals surface area (Å²) in [4.78, 5) is 7.14. The van der Waals surface area contributed by atoms with Crippen molar-refractivity contribution >= 4 is 39.9 Å². The van der Waals surface area contributed by atoms with Crippen LogP contribution in [0.5, 0.6) is 0 Å². The van der Waals surface area contributed by atoms with Crippen LogP contribution in [-0.2, 0) is 6.54 Å². The van der Waals surface area contributed by atoms with Crippen LogP contribution >= 0.6 is 34.2 Å². The van der Waals surface area contributed by atoms with Crippen LogP contribution in [0.15, 0.2) is 30.6 Å². The van der Waals surface area contributed by atoms with E-state index in [4.69, 9.17) is 11.6 Å². The van der Waals surface area contributed by atoms with E-state index in [2.05, 4.69) is 37.9 Å². The van der Waals surface area contributed by atoms with Crippen LogP contribution in [0.4, 0.5) is 5.69 Å². The first-order valence-electron chi connectivity index (χ1n) is 4.43. The molecule has 2 N–H and O–H groups in total. The van der Waals surface area contributed by atoms with E-state index in [1.165, 1.54) is 0 Å². The third-order valence-electron chi connectivity index (χ3n) is 1.93. The highest BCUT2D eigenvalue weighted by Crippen LogP contribution is 2.23. The number of hydrogen-bond acceptors (Lipinski definition) is 2. The topological polar surface area (TPSA) is 40.7 Å². The number of benzene rings is 1. The van der Waals surface area contributed by atoms with Gasteiger partial charge in [0.15, 0.2) is 0 Å². The Morgan fingerprint density at radius 1 is 1.47 bits per heavy atom. The number of H-pyrrole nitrogens is 1. The van der Waals surface area contributed by atoms with Gasteiger partial charge in [0, 0.05) is 16.0 Å². The Morgan fingerprint density at radius 3 is 3.00 bits per heavy atom. The zero-order valence-corrected chi connectivity index (χ0v) is 10.7. The van der Waals surface area contributed by atoms with E-state index in [0.29, 0.717) is 6.54 Å². The second-order valence-electron chi connectivity index (χ2n) is 3.01. The molecular formula is C10H9ClIN3. The second-order valence-corrected chi connectivity index (χ2v) is 4.67. The van der Waals surface area contributed by atoms with Gasteiger partial charge < -0.3 is 10.3 Å². The molecule has 2 rings (SSSR count). The van der Waals surface area contributed by atoms with Crippen LogP contribution in [0.2, 0.25) is 5.02 Å². The van der Waals surface area contributed by atoms with Crippen LogP contribution in [0.1, 0.15) is 5.82 Å². The van der Waals surface area contributed by atoms with Crippen molar-refractivity contribution in [2.75, 3.05) is 5.32 Å². The van der Waals surface area contributed by atoms with Crippen LogP contribution in [0.25, 0.3) is 0 Å². The molecule has 0 amide bonds. The van der Waals surface area contributed by atoms with E-state index < -0.39 is 0 Å². The number of anilines is 1. The number of imidazole rings is 1. The molecule has 0 atom stereocenters. The molecule has 15 heavy (non-hydrogen) atoms. The van der Waals surface area contributed by atoms with Crippen molar-refractivity contribution in [3.05, 3.63) is 45.0 Å². The van der Waals surface area contributed by atoms with Gasteiger partial charge in [-0.15, -0.1) is 0 Å². The molecule has 78 valence electrons. The Balaban J connectivity index is 2.05. The zero-order valence-electron chi connectivity index (χ0n) is 7.80. The van der Waals surface area contributed by atoms with E-state index in [1.54, 1.807) is 12.4 Å². The van der Waals surface area contributed by atoms with Gasteiger partial charge in [-0.3, -0.25) is 0 Å². The first kappa shape index (κ1) is 10.8. The fraction of sp³-hybridized carbons (Fsp3) is 0.100. The predicted octanol–water partition coefficient (Wildman–Crippen LogP) is 3.28. The first-order valence-corrected chi connectivity index (χ1v) is 5.88. The molecule has 0 saturated heterocycles. The summed E-state index contributed by atoms with van der Waals surface area (Å²) < 4.78 is 1.13. The lowest BCUT2D eigenvalue weighted by Crippen LogP contribution is -2.01. The van der Waals surface area contributed by atoms with E-state index >= 15 is 0 Å². The standard InChI is InChI=1S/C10H9ClIN3/c11-8-5-7(12)1-2-9(8)15-6-10-13-3-4-14-10/h1-5,15H,6H2,(H,13,14). The molecule has 2 aromatic rings. The largest absolute Gasteiger partial charge is 0.377 e. The molecule has 0 aliphatic heterocycles. The fourth-order valence-electron chi connectivity index (χ4n) is 1.21. The molecule has 1 aromatic carbocycles. The third kappa shape index (κ3) is 2.85. The van der Waals surface area contributed by atoms with Crippen molar-refractivity contribution < 1.29 is 0 Å². The van der Waals surface area contributed by atoms with Crippen molar-refractivity contribution in [2.24, 2.45) is 0 Å². The van der Waals surface area contributed by atoms with Gasteiger partial charge >= 0.3 is 0 Å². The van der Waals surface area contributed by atoms with E-state index in [-0.39, 0.29) is 0 Å². The van der Waals surface area contributed by atoms with Gasteiger partial charge in [-0.25, -0.2) is 4.98 Å². The molecule has 0 unspecified atom stereocenters. The smallest absolute Gasteiger partial charge is 0.125 e. The molecule has 0 aliphatic rings. The molecule has 3 nitrogen and oxygen atoms in total.